The molecule has 1 N–H and O–H groups in total. The van der Waals surface area contributed by atoms with Crippen molar-refractivity contribution in [3.63, 3.8) is 0 Å². The fourth-order valence-corrected chi connectivity index (χ4v) is 2.74. The molecule has 0 aliphatic rings. The van der Waals surface area contributed by atoms with Crippen molar-refractivity contribution in [2.75, 3.05) is 0 Å². The highest BCUT2D eigenvalue weighted by Crippen LogP contribution is 2.15. The van der Waals surface area contributed by atoms with Crippen LogP contribution in [0.15, 0.2) is 36.4 Å². The Hall–Kier alpha value is -1.65. The number of hydrogen-bond donors (Lipinski definition) is 1. The second kappa shape index (κ2) is 8.27. The van der Waals surface area contributed by atoms with Gasteiger partial charge < -0.3 is 5.32 Å². The molecule has 23 heavy (non-hydrogen) atoms. The molecule has 0 saturated carbocycles. The number of benzene rings is 1. The first-order valence-electron chi connectivity index (χ1n) is 7.36. The van der Waals surface area contributed by atoms with Crippen LogP contribution >= 0.6 is 23.2 Å². The van der Waals surface area contributed by atoms with Gasteiger partial charge in [-0.3, -0.25) is 4.79 Å². The molecule has 0 saturated heterocycles. The van der Waals surface area contributed by atoms with Crippen LogP contribution < -0.4 is 5.32 Å². The van der Waals surface area contributed by atoms with E-state index in [0.29, 0.717) is 12.0 Å². The van der Waals surface area contributed by atoms with Crippen LogP contribution in [0.4, 0.5) is 4.39 Å². The molecule has 0 spiro atoms. The first kappa shape index (κ1) is 17.7. The molecule has 1 aromatic heterocycles. The van der Waals surface area contributed by atoms with Gasteiger partial charge in [-0.25, -0.2) is 9.37 Å². The molecule has 1 unspecified atom stereocenters. The summed E-state index contributed by atoms with van der Waals surface area (Å²) >= 11 is 11.6. The molecule has 122 valence electrons. The van der Waals surface area contributed by atoms with Gasteiger partial charge >= 0.3 is 0 Å². The van der Waals surface area contributed by atoms with E-state index in [4.69, 9.17) is 23.2 Å². The standard InChI is InChI=1S/C17H17Cl2FN2O/c1-2-14(7-6-11-4-3-5-13(20)8-11)21-17(23)12-9-15(18)22-16(19)10-12/h3-5,8-10,14H,2,6-7H2,1H3,(H,21,23). The first-order valence-corrected chi connectivity index (χ1v) is 8.12. The SMILES string of the molecule is CCC(CCc1cccc(F)c1)NC(=O)c1cc(Cl)nc(Cl)c1. The quantitative estimate of drug-likeness (QED) is 0.766. The van der Waals surface area contributed by atoms with Crippen LogP contribution in [0.3, 0.4) is 0 Å². The Morgan fingerprint density at radius 3 is 2.57 bits per heavy atom. The van der Waals surface area contributed by atoms with E-state index in [1.165, 1.54) is 24.3 Å². The second-order valence-electron chi connectivity index (χ2n) is 5.25. The molecule has 1 amide bonds. The van der Waals surface area contributed by atoms with E-state index in [9.17, 15) is 9.18 Å². The number of aryl methyl sites for hydroxylation is 1. The summed E-state index contributed by atoms with van der Waals surface area (Å²) in [6.07, 6.45) is 2.18. The lowest BCUT2D eigenvalue weighted by Crippen LogP contribution is -2.34. The molecule has 1 atom stereocenters. The molecule has 6 heteroatoms. The zero-order valence-corrected chi connectivity index (χ0v) is 14.2. The predicted octanol–water partition coefficient (Wildman–Crippen LogP) is 4.67. The van der Waals surface area contributed by atoms with Crippen molar-refractivity contribution in [1.29, 1.82) is 0 Å². The highest BCUT2D eigenvalue weighted by molar-refractivity contribution is 6.33. The van der Waals surface area contributed by atoms with Crippen LogP contribution in [0.2, 0.25) is 10.3 Å². The van der Waals surface area contributed by atoms with Crippen LogP contribution in [-0.4, -0.2) is 16.9 Å². The van der Waals surface area contributed by atoms with E-state index in [-0.39, 0.29) is 28.1 Å². The summed E-state index contributed by atoms with van der Waals surface area (Å²) in [7, 11) is 0. The number of carbonyl (C=O) groups excluding carboxylic acids is 1. The zero-order chi connectivity index (χ0) is 16.8. The van der Waals surface area contributed by atoms with Gasteiger partial charge in [-0.2, -0.15) is 0 Å². The topological polar surface area (TPSA) is 42.0 Å². The highest BCUT2D eigenvalue weighted by Gasteiger charge is 2.14. The van der Waals surface area contributed by atoms with Crippen LogP contribution in [-0.2, 0) is 6.42 Å². The summed E-state index contributed by atoms with van der Waals surface area (Å²) in [5.74, 6) is -0.497. The summed E-state index contributed by atoms with van der Waals surface area (Å²) in [5, 5.41) is 3.30. The van der Waals surface area contributed by atoms with Gasteiger partial charge in [0.2, 0.25) is 0 Å². The van der Waals surface area contributed by atoms with Gasteiger partial charge in [0.05, 0.1) is 0 Å². The van der Waals surface area contributed by atoms with Gasteiger partial charge in [0.1, 0.15) is 16.1 Å². The summed E-state index contributed by atoms with van der Waals surface area (Å²) < 4.78 is 13.2. The van der Waals surface area contributed by atoms with Crippen molar-refractivity contribution in [3.8, 4) is 0 Å². The van der Waals surface area contributed by atoms with Crippen molar-refractivity contribution in [1.82, 2.24) is 10.3 Å². The van der Waals surface area contributed by atoms with E-state index < -0.39 is 0 Å². The van der Waals surface area contributed by atoms with Gasteiger partial charge in [0.15, 0.2) is 0 Å². The minimum absolute atomic E-state index is 0.0171. The number of pyridine rings is 1. The molecule has 0 aliphatic carbocycles. The smallest absolute Gasteiger partial charge is 0.251 e. The molecule has 2 aromatic rings. The number of amides is 1. The number of hydrogen-bond acceptors (Lipinski definition) is 2. The minimum atomic E-state index is -0.249. The molecule has 0 aliphatic heterocycles. The van der Waals surface area contributed by atoms with Crippen molar-refractivity contribution in [3.05, 3.63) is 63.6 Å². The number of carbonyl (C=O) groups is 1. The zero-order valence-electron chi connectivity index (χ0n) is 12.7. The summed E-state index contributed by atoms with van der Waals surface area (Å²) in [5.41, 5.74) is 1.28. The third kappa shape index (κ3) is 5.48. The number of aromatic nitrogens is 1. The average Bonchev–Trinajstić information content (AvgIpc) is 2.50. The monoisotopic (exact) mass is 354 g/mol. The second-order valence-corrected chi connectivity index (χ2v) is 6.02. The third-order valence-corrected chi connectivity index (χ3v) is 3.91. The molecule has 0 fully saturated rings. The molecular weight excluding hydrogens is 338 g/mol. The van der Waals surface area contributed by atoms with E-state index >= 15 is 0 Å². The lowest BCUT2D eigenvalue weighted by atomic mass is 10.0. The molecule has 1 heterocycles. The van der Waals surface area contributed by atoms with Crippen molar-refractivity contribution < 1.29 is 9.18 Å². The Bertz CT molecular complexity index is 674. The maximum absolute atomic E-state index is 13.2. The van der Waals surface area contributed by atoms with E-state index in [1.54, 1.807) is 6.07 Å². The first-order chi connectivity index (χ1) is 11.0. The van der Waals surface area contributed by atoms with Gasteiger partial charge in [-0.1, -0.05) is 42.3 Å². The normalized spacial score (nSPS) is 12.0. The third-order valence-electron chi connectivity index (χ3n) is 3.52. The van der Waals surface area contributed by atoms with Crippen molar-refractivity contribution in [2.45, 2.75) is 32.2 Å². The number of nitrogens with one attached hydrogen (secondary N) is 1. The fraction of sp³-hybridized carbons (Fsp3) is 0.294. The summed E-state index contributed by atoms with van der Waals surface area (Å²) in [6, 6.07) is 9.42. The lowest BCUT2D eigenvalue weighted by Gasteiger charge is -2.17. The Kier molecular flexibility index (Phi) is 6.37. The molecule has 3 nitrogen and oxygen atoms in total. The Morgan fingerprint density at radius 1 is 1.26 bits per heavy atom. The van der Waals surface area contributed by atoms with Crippen LogP contribution in [0.25, 0.3) is 0 Å². The number of nitrogens with zero attached hydrogens (tertiary/aromatic N) is 1. The van der Waals surface area contributed by atoms with E-state index in [1.807, 2.05) is 13.0 Å². The van der Waals surface area contributed by atoms with Crippen molar-refractivity contribution in [2.24, 2.45) is 0 Å². The molecule has 2 rings (SSSR count). The van der Waals surface area contributed by atoms with Gasteiger partial charge in [0, 0.05) is 11.6 Å². The maximum atomic E-state index is 13.2. The molecular formula is C17H17Cl2FN2O. The average molecular weight is 355 g/mol. The van der Waals surface area contributed by atoms with Gasteiger partial charge in [-0.15, -0.1) is 0 Å². The predicted molar refractivity (Wildman–Crippen MR) is 90.5 cm³/mol. The Labute approximate surface area is 144 Å². The maximum Gasteiger partial charge on any atom is 0.251 e. The Balaban J connectivity index is 1.97. The molecule has 1 aromatic carbocycles. The lowest BCUT2D eigenvalue weighted by molar-refractivity contribution is 0.0933. The summed E-state index contributed by atoms with van der Waals surface area (Å²) in [4.78, 5) is 16.1. The number of rotatable bonds is 6. The minimum Gasteiger partial charge on any atom is -0.349 e. The van der Waals surface area contributed by atoms with Gasteiger partial charge in [0.25, 0.3) is 5.91 Å². The highest BCUT2D eigenvalue weighted by atomic mass is 35.5. The number of halogens is 3. The summed E-state index contributed by atoms with van der Waals surface area (Å²) in [6.45, 7) is 1.99. The molecule has 0 bridgehead atoms. The van der Waals surface area contributed by atoms with Crippen LogP contribution in [0.5, 0.6) is 0 Å². The largest absolute Gasteiger partial charge is 0.349 e. The molecule has 0 radical (unpaired) electrons. The van der Waals surface area contributed by atoms with E-state index in [2.05, 4.69) is 10.3 Å². The van der Waals surface area contributed by atoms with Gasteiger partial charge in [-0.05, 0) is 49.1 Å². The Morgan fingerprint density at radius 2 is 1.96 bits per heavy atom. The van der Waals surface area contributed by atoms with Crippen molar-refractivity contribution >= 4 is 29.1 Å². The van der Waals surface area contributed by atoms with E-state index in [0.717, 1.165) is 18.4 Å². The fourth-order valence-electron chi connectivity index (χ4n) is 2.28. The van der Waals surface area contributed by atoms with Crippen LogP contribution in [0.1, 0.15) is 35.7 Å². The van der Waals surface area contributed by atoms with Crippen LogP contribution in [0, 0.1) is 5.82 Å².